The van der Waals surface area contributed by atoms with Crippen LogP contribution in [-0.4, -0.2) is 38.9 Å². The van der Waals surface area contributed by atoms with Gasteiger partial charge in [-0.1, -0.05) is 0 Å². The Kier molecular flexibility index (Phi) is 6.07. The van der Waals surface area contributed by atoms with Crippen LogP contribution >= 0.6 is 0 Å². The lowest BCUT2D eigenvalue weighted by atomic mass is 10.1. The molecule has 14 heavy (non-hydrogen) atoms. The number of ether oxygens (including phenoxy) is 3. The second-order valence-corrected chi connectivity index (χ2v) is 2.68. The van der Waals surface area contributed by atoms with Gasteiger partial charge in [0.1, 0.15) is 5.92 Å². The third-order valence-corrected chi connectivity index (χ3v) is 1.73. The summed E-state index contributed by atoms with van der Waals surface area (Å²) < 4.78 is 14.2. The van der Waals surface area contributed by atoms with Crippen LogP contribution in [0.25, 0.3) is 0 Å². The molecule has 0 saturated carbocycles. The van der Waals surface area contributed by atoms with Crippen LogP contribution in [0.5, 0.6) is 0 Å². The molecule has 0 aromatic rings. The topological polar surface area (TPSA) is 61.8 Å². The normalized spacial score (nSPS) is 12.6. The molecule has 1 unspecified atom stereocenters. The maximum Gasteiger partial charge on any atom is 0.316 e. The molecule has 0 aliphatic heterocycles. The Bertz CT molecular complexity index is 197. The smallest absolute Gasteiger partial charge is 0.316 e. The van der Waals surface area contributed by atoms with Crippen LogP contribution in [0.2, 0.25) is 0 Å². The third kappa shape index (κ3) is 3.43. The number of Topliss-reactive ketones (excluding diaryl/α,β-unsaturated/α-hetero) is 1. The summed E-state index contributed by atoms with van der Waals surface area (Å²) in [5.41, 5.74) is 0. The van der Waals surface area contributed by atoms with Crippen molar-refractivity contribution in [1.82, 2.24) is 0 Å². The van der Waals surface area contributed by atoms with Crippen LogP contribution in [0, 0.1) is 5.92 Å². The van der Waals surface area contributed by atoms with Crippen molar-refractivity contribution in [1.29, 1.82) is 0 Å². The van der Waals surface area contributed by atoms with E-state index >= 15 is 0 Å². The van der Waals surface area contributed by atoms with Crippen LogP contribution in [0.4, 0.5) is 0 Å². The van der Waals surface area contributed by atoms with E-state index in [0.29, 0.717) is 0 Å². The minimum absolute atomic E-state index is 0.251. The fourth-order valence-electron chi connectivity index (χ4n) is 0.916. The average Bonchev–Trinajstić information content (AvgIpc) is 2.18. The van der Waals surface area contributed by atoms with E-state index in [4.69, 9.17) is 14.2 Å². The molecule has 5 nitrogen and oxygen atoms in total. The summed E-state index contributed by atoms with van der Waals surface area (Å²) in [5.74, 6) is -1.86. The van der Waals surface area contributed by atoms with E-state index in [1.54, 1.807) is 6.92 Å². The molecule has 0 spiro atoms. The molecule has 0 fully saturated rings. The fraction of sp³-hybridized carbons (Fsp3) is 0.778. The molecule has 0 rings (SSSR count). The minimum Gasteiger partial charge on any atom is -0.465 e. The summed E-state index contributed by atoms with van der Waals surface area (Å²) >= 11 is 0. The second-order valence-electron chi connectivity index (χ2n) is 2.68. The van der Waals surface area contributed by atoms with E-state index in [1.807, 2.05) is 0 Å². The van der Waals surface area contributed by atoms with Crippen LogP contribution in [0.15, 0.2) is 0 Å². The van der Waals surface area contributed by atoms with Gasteiger partial charge in [-0.25, -0.2) is 0 Å². The van der Waals surface area contributed by atoms with Crippen molar-refractivity contribution in [3.05, 3.63) is 0 Å². The molecule has 0 bridgehead atoms. The van der Waals surface area contributed by atoms with Crippen molar-refractivity contribution in [3.63, 3.8) is 0 Å². The maximum atomic E-state index is 11.5. The molecule has 0 aromatic heterocycles. The highest BCUT2D eigenvalue weighted by Gasteiger charge is 2.29. The van der Waals surface area contributed by atoms with Gasteiger partial charge in [0, 0.05) is 14.2 Å². The molecular weight excluding hydrogens is 188 g/mol. The van der Waals surface area contributed by atoms with Gasteiger partial charge in [-0.2, -0.15) is 0 Å². The summed E-state index contributed by atoms with van der Waals surface area (Å²) in [7, 11) is 2.67. The molecule has 1 atom stereocenters. The van der Waals surface area contributed by atoms with E-state index in [0.717, 1.165) is 0 Å². The number of ketones is 1. The van der Waals surface area contributed by atoms with E-state index in [2.05, 4.69) is 0 Å². The Balaban J connectivity index is 4.29. The summed E-state index contributed by atoms with van der Waals surface area (Å²) in [4.78, 5) is 22.6. The quantitative estimate of drug-likeness (QED) is 0.355. The number of rotatable bonds is 6. The van der Waals surface area contributed by atoms with Gasteiger partial charge in [0.25, 0.3) is 0 Å². The fourth-order valence-corrected chi connectivity index (χ4v) is 0.916. The molecule has 0 amide bonds. The minimum atomic E-state index is -1.01. The highest BCUT2D eigenvalue weighted by Crippen LogP contribution is 2.06. The molecule has 5 heteroatoms. The Hall–Kier alpha value is -0.940. The average molecular weight is 204 g/mol. The monoisotopic (exact) mass is 204 g/mol. The zero-order valence-corrected chi connectivity index (χ0v) is 8.90. The Morgan fingerprint density at radius 1 is 1.21 bits per heavy atom. The predicted molar refractivity (Wildman–Crippen MR) is 48.6 cm³/mol. The number of carbonyl (C=O) groups is 2. The Labute approximate surface area is 83.3 Å². The second kappa shape index (κ2) is 6.50. The molecule has 0 heterocycles. The number of methoxy groups -OCH3 is 2. The molecule has 0 radical (unpaired) electrons. The van der Waals surface area contributed by atoms with Crippen LogP contribution in [0.1, 0.15) is 13.8 Å². The first-order chi connectivity index (χ1) is 6.58. The number of esters is 1. The van der Waals surface area contributed by atoms with Gasteiger partial charge < -0.3 is 14.2 Å². The van der Waals surface area contributed by atoms with Crippen LogP contribution in [-0.2, 0) is 23.8 Å². The predicted octanol–water partition coefficient (Wildman–Crippen LogP) is 0.374. The van der Waals surface area contributed by atoms with Crippen LogP contribution in [0.3, 0.4) is 0 Å². The largest absolute Gasteiger partial charge is 0.465 e. The van der Waals surface area contributed by atoms with Gasteiger partial charge in [0.15, 0.2) is 0 Å². The first kappa shape index (κ1) is 13.1. The van der Waals surface area contributed by atoms with E-state index in [1.165, 1.54) is 21.1 Å². The summed E-state index contributed by atoms with van der Waals surface area (Å²) in [6, 6.07) is 0. The lowest BCUT2D eigenvalue weighted by Gasteiger charge is -2.15. The summed E-state index contributed by atoms with van der Waals surface area (Å²) in [6.45, 7) is 3.39. The van der Waals surface area contributed by atoms with Crippen molar-refractivity contribution in [2.75, 3.05) is 20.8 Å². The van der Waals surface area contributed by atoms with Gasteiger partial charge in [0.05, 0.1) is 6.61 Å². The van der Waals surface area contributed by atoms with E-state index in [9.17, 15) is 9.59 Å². The lowest BCUT2D eigenvalue weighted by Crippen LogP contribution is -2.34. The number of hydrogen-bond donors (Lipinski definition) is 0. The molecule has 0 N–H and O–H groups in total. The Morgan fingerprint density at radius 2 is 1.71 bits per heavy atom. The van der Waals surface area contributed by atoms with E-state index < -0.39 is 24.0 Å². The summed E-state index contributed by atoms with van der Waals surface area (Å²) in [6.07, 6.45) is -1.01. The zero-order valence-electron chi connectivity index (χ0n) is 8.90. The van der Waals surface area contributed by atoms with Crippen molar-refractivity contribution in [2.45, 2.75) is 20.1 Å². The first-order valence-electron chi connectivity index (χ1n) is 4.34. The standard InChI is InChI=1S/C9H16O5/c1-5-14-8(11)6(2)7(10)9(12-3)13-4/h6,9H,5H2,1-4H3. The highest BCUT2D eigenvalue weighted by atomic mass is 16.7. The summed E-state index contributed by atoms with van der Waals surface area (Å²) in [5, 5.41) is 0. The Morgan fingerprint density at radius 3 is 2.07 bits per heavy atom. The van der Waals surface area contributed by atoms with Gasteiger partial charge in [-0.05, 0) is 13.8 Å². The molecule has 0 aliphatic carbocycles. The maximum absolute atomic E-state index is 11.5. The van der Waals surface area contributed by atoms with Gasteiger partial charge in [-0.3, -0.25) is 9.59 Å². The van der Waals surface area contributed by atoms with E-state index in [-0.39, 0.29) is 6.61 Å². The first-order valence-corrected chi connectivity index (χ1v) is 4.34. The van der Waals surface area contributed by atoms with Crippen molar-refractivity contribution in [3.8, 4) is 0 Å². The SMILES string of the molecule is CCOC(=O)C(C)C(=O)C(OC)OC. The van der Waals surface area contributed by atoms with Gasteiger partial charge in [0.2, 0.25) is 12.1 Å². The van der Waals surface area contributed by atoms with Gasteiger partial charge in [-0.15, -0.1) is 0 Å². The number of carbonyl (C=O) groups excluding carboxylic acids is 2. The highest BCUT2D eigenvalue weighted by molar-refractivity contribution is 6.00. The molecular formula is C9H16O5. The zero-order chi connectivity index (χ0) is 11.1. The lowest BCUT2D eigenvalue weighted by molar-refractivity contribution is -0.168. The number of hydrogen-bond acceptors (Lipinski definition) is 5. The van der Waals surface area contributed by atoms with Crippen LogP contribution < -0.4 is 0 Å². The molecule has 82 valence electrons. The van der Waals surface area contributed by atoms with Crippen molar-refractivity contribution >= 4 is 11.8 Å². The molecule has 0 aromatic carbocycles. The van der Waals surface area contributed by atoms with Crippen molar-refractivity contribution in [2.24, 2.45) is 5.92 Å². The molecule has 0 saturated heterocycles. The van der Waals surface area contributed by atoms with Gasteiger partial charge >= 0.3 is 5.97 Å². The van der Waals surface area contributed by atoms with Crippen molar-refractivity contribution < 1.29 is 23.8 Å². The third-order valence-electron chi connectivity index (χ3n) is 1.73. The molecule has 0 aliphatic rings.